The van der Waals surface area contributed by atoms with E-state index >= 15 is 0 Å². The monoisotopic (exact) mass is 861 g/mol. The minimum atomic E-state index is -0.783. The second-order valence-corrected chi connectivity index (χ2v) is 16.8. The lowest BCUT2D eigenvalue weighted by molar-refractivity contribution is -0.161. The number of esters is 2. The molecule has 0 aliphatic carbocycles. The zero-order valence-corrected chi connectivity index (χ0v) is 40.4. The van der Waals surface area contributed by atoms with E-state index in [-0.39, 0.29) is 25.2 Å². The van der Waals surface area contributed by atoms with E-state index in [1.165, 1.54) is 109 Å². The Balaban J connectivity index is 3.51. The molecule has 0 aromatic carbocycles. The SMILES string of the molecule is CC/C=C\C/C=C\C/C=C\C/C=C\CCCCCCCCCCCCCCCCCCC(=O)OC(CO)COC(=O)CCCCCCCC/C=C\C/C=C\C/C=C\C/C=C\CC. The summed E-state index contributed by atoms with van der Waals surface area (Å²) in [6, 6.07) is 0. The van der Waals surface area contributed by atoms with Crippen LogP contribution in [0.4, 0.5) is 0 Å². The molecule has 0 spiro atoms. The van der Waals surface area contributed by atoms with E-state index in [4.69, 9.17) is 9.47 Å². The van der Waals surface area contributed by atoms with Gasteiger partial charge in [0.05, 0.1) is 6.61 Å². The van der Waals surface area contributed by atoms with Crippen LogP contribution >= 0.6 is 0 Å². The number of allylic oxidation sites excluding steroid dienone is 16. The van der Waals surface area contributed by atoms with Crippen LogP contribution in [0.1, 0.15) is 232 Å². The summed E-state index contributed by atoms with van der Waals surface area (Å²) >= 11 is 0. The van der Waals surface area contributed by atoms with Crippen molar-refractivity contribution in [3.8, 4) is 0 Å². The zero-order valence-electron chi connectivity index (χ0n) is 40.4. The van der Waals surface area contributed by atoms with E-state index in [1.54, 1.807) is 0 Å². The average molecular weight is 861 g/mol. The van der Waals surface area contributed by atoms with Crippen molar-refractivity contribution in [3.63, 3.8) is 0 Å². The van der Waals surface area contributed by atoms with Crippen LogP contribution in [0.2, 0.25) is 0 Å². The van der Waals surface area contributed by atoms with Gasteiger partial charge in [-0.25, -0.2) is 0 Å². The number of carbonyl (C=O) groups excluding carboxylic acids is 2. The molecule has 0 amide bonds. The molecule has 1 atom stereocenters. The van der Waals surface area contributed by atoms with Crippen molar-refractivity contribution in [2.45, 2.75) is 238 Å². The van der Waals surface area contributed by atoms with E-state index in [1.807, 2.05) is 0 Å². The molecular weight excluding hydrogens is 765 g/mol. The zero-order chi connectivity index (χ0) is 44.9. The number of unbranched alkanes of at least 4 members (excludes halogenated alkanes) is 22. The Morgan fingerprint density at radius 3 is 0.968 bits per heavy atom. The van der Waals surface area contributed by atoms with Gasteiger partial charge in [-0.1, -0.05) is 227 Å². The quantitative estimate of drug-likeness (QED) is 0.0375. The molecule has 0 heterocycles. The van der Waals surface area contributed by atoms with Crippen molar-refractivity contribution in [2.24, 2.45) is 0 Å². The van der Waals surface area contributed by atoms with Crippen LogP contribution in [0, 0.1) is 0 Å². The third kappa shape index (κ3) is 49.5. The van der Waals surface area contributed by atoms with Gasteiger partial charge in [-0.05, 0) is 89.9 Å². The van der Waals surface area contributed by atoms with Gasteiger partial charge in [0.15, 0.2) is 6.10 Å². The predicted molar refractivity (Wildman–Crippen MR) is 269 cm³/mol. The summed E-state index contributed by atoms with van der Waals surface area (Å²) in [6.45, 7) is 3.91. The molecule has 62 heavy (non-hydrogen) atoms. The van der Waals surface area contributed by atoms with Gasteiger partial charge in [-0.3, -0.25) is 9.59 Å². The van der Waals surface area contributed by atoms with Gasteiger partial charge in [-0.2, -0.15) is 0 Å². The summed E-state index contributed by atoms with van der Waals surface area (Å²) in [7, 11) is 0. The molecular formula is C57H96O5. The van der Waals surface area contributed by atoms with Gasteiger partial charge in [0, 0.05) is 12.8 Å². The summed E-state index contributed by atoms with van der Waals surface area (Å²) in [5.41, 5.74) is 0. The summed E-state index contributed by atoms with van der Waals surface area (Å²) in [6.07, 6.45) is 73.6. The van der Waals surface area contributed by atoms with Crippen molar-refractivity contribution in [2.75, 3.05) is 13.2 Å². The van der Waals surface area contributed by atoms with Crippen molar-refractivity contribution < 1.29 is 24.2 Å². The average Bonchev–Trinajstić information content (AvgIpc) is 3.28. The van der Waals surface area contributed by atoms with Crippen molar-refractivity contribution in [3.05, 3.63) is 97.2 Å². The highest BCUT2D eigenvalue weighted by atomic mass is 16.6. The van der Waals surface area contributed by atoms with Gasteiger partial charge < -0.3 is 14.6 Å². The highest BCUT2D eigenvalue weighted by Gasteiger charge is 2.16. The molecule has 0 bridgehead atoms. The standard InChI is InChI=1S/C57H96O5/c1-3-5-7-9-11-13-15-17-19-21-23-24-25-26-27-28-29-30-31-32-34-36-38-40-42-44-46-48-50-52-57(60)62-55(53-58)54-61-56(59)51-49-47-45-43-41-39-37-35-33-22-20-18-16-14-12-10-8-6-4-2/h5-8,11-14,17-20,23-24,33,35,55,58H,3-4,9-10,15-16,21-22,25-32,34,36-54H2,1-2H3/b7-5-,8-6-,13-11-,14-12-,19-17-,20-18-,24-23-,35-33-. The summed E-state index contributed by atoms with van der Waals surface area (Å²) < 4.78 is 10.7. The molecule has 1 unspecified atom stereocenters. The molecule has 1 N–H and O–H groups in total. The first-order valence-corrected chi connectivity index (χ1v) is 25.8. The smallest absolute Gasteiger partial charge is 0.306 e. The van der Waals surface area contributed by atoms with Crippen LogP contribution in [-0.2, 0) is 19.1 Å². The van der Waals surface area contributed by atoms with E-state index in [2.05, 4.69) is 111 Å². The Kier molecular flexibility index (Phi) is 49.5. The first-order valence-electron chi connectivity index (χ1n) is 25.8. The molecule has 5 nitrogen and oxygen atoms in total. The van der Waals surface area contributed by atoms with Crippen molar-refractivity contribution in [1.29, 1.82) is 0 Å². The lowest BCUT2D eigenvalue weighted by atomic mass is 10.0. The summed E-state index contributed by atoms with van der Waals surface area (Å²) in [5, 5.41) is 9.63. The maximum absolute atomic E-state index is 12.3. The Morgan fingerprint density at radius 2 is 0.645 bits per heavy atom. The molecule has 0 aliphatic rings. The maximum atomic E-state index is 12.3. The number of aliphatic hydroxyl groups excluding tert-OH is 1. The molecule has 354 valence electrons. The van der Waals surface area contributed by atoms with Crippen molar-refractivity contribution >= 4 is 11.9 Å². The molecule has 0 fully saturated rings. The van der Waals surface area contributed by atoms with E-state index < -0.39 is 6.10 Å². The van der Waals surface area contributed by atoms with E-state index in [0.29, 0.717) is 12.8 Å². The van der Waals surface area contributed by atoms with E-state index in [9.17, 15) is 14.7 Å². The molecule has 0 rings (SSSR count). The molecule has 0 aliphatic heterocycles. The topological polar surface area (TPSA) is 72.8 Å². The van der Waals surface area contributed by atoms with Crippen LogP contribution in [0.15, 0.2) is 97.2 Å². The third-order valence-corrected chi connectivity index (χ3v) is 10.9. The fraction of sp³-hybridized carbons (Fsp3) is 0.684. The number of carbonyl (C=O) groups is 2. The Hall–Kier alpha value is -3.18. The lowest BCUT2D eigenvalue weighted by Crippen LogP contribution is -2.28. The van der Waals surface area contributed by atoms with Crippen LogP contribution in [0.3, 0.4) is 0 Å². The first-order chi connectivity index (χ1) is 30.6. The number of rotatable bonds is 46. The largest absolute Gasteiger partial charge is 0.462 e. The normalized spacial score (nSPS) is 13.0. The van der Waals surface area contributed by atoms with Crippen LogP contribution < -0.4 is 0 Å². The minimum absolute atomic E-state index is 0.0768. The first kappa shape index (κ1) is 58.8. The third-order valence-electron chi connectivity index (χ3n) is 10.9. The Labute approximate surface area is 383 Å². The molecule has 0 saturated carbocycles. The number of hydrogen-bond acceptors (Lipinski definition) is 5. The van der Waals surface area contributed by atoms with E-state index in [0.717, 1.165) is 96.3 Å². The Morgan fingerprint density at radius 1 is 0.371 bits per heavy atom. The minimum Gasteiger partial charge on any atom is -0.462 e. The summed E-state index contributed by atoms with van der Waals surface area (Å²) in [5.74, 6) is -0.607. The van der Waals surface area contributed by atoms with Crippen LogP contribution in [0.25, 0.3) is 0 Å². The van der Waals surface area contributed by atoms with Crippen LogP contribution in [0.5, 0.6) is 0 Å². The summed E-state index contributed by atoms with van der Waals surface area (Å²) in [4.78, 5) is 24.5. The predicted octanol–water partition coefficient (Wildman–Crippen LogP) is 17.2. The second-order valence-electron chi connectivity index (χ2n) is 16.8. The Bertz CT molecular complexity index is 1200. The highest BCUT2D eigenvalue weighted by Crippen LogP contribution is 2.15. The van der Waals surface area contributed by atoms with Gasteiger partial charge in [-0.15, -0.1) is 0 Å². The molecule has 0 aromatic heterocycles. The number of ether oxygens (including phenoxy) is 2. The highest BCUT2D eigenvalue weighted by molar-refractivity contribution is 5.70. The molecule has 0 saturated heterocycles. The van der Waals surface area contributed by atoms with Crippen LogP contribution in [-0.4, -0.2) is 36.4 Å². The fourth-order valence-electron chi connectivity index (χ4n) is 7.07. The molecule has 0 aromatic rings. The van der Waals surface area contributed by atoms with Crippen molar-refractivity contribution in [1.82, 2.24) is 0 Å². The lowest BCUT2D eigenvalue weighted by Gasteiger charge is -2.15. The van der Waals surface area contributed by atoms with Gasteiger partial charge in [0.2, 0.25) is 0 Å². The van der Waals surface area contributed by atoms with Gasteiger partial charge >= 0.3 is 11.9 Å². The molecule has 0 radical (unpaired) electrons. The number of hydrogen-bond donors (Lipinski definition) is 1. The maximum Gasteiger partial charge on any atom is 0.306 e. The van der Waals surface area contributed by atoms with Gasteiger partial charge in [0.25, 0.3) is 0 Å². The second kappa shape index (κ2) is 52.2. The fourth-order valence-corrected chi connectivity index (χ4v) is 7.07. The molecule has 5 heteroatoms. The van der Waals surface area contributed by atoms with Gasteiger partial charge in [0.1, 0.15) is 6.61 Å². The number of aliphatic hydroxyl groups is 1.